The van der Waals surface area contributed by atoms with E-state index < -0.39 is 30.9 Å². The fraction of sp³-hybridized carbons (Fsp3) is 0.308. The molecule has 0 radical (unpaired) electrons. The first-order valence-electron chi connectivity index (χ1n) is 6.19. The standard InChI is InChI=1S/C13H8F3N3O3/c14-13(15,16)7-19-9-3-1-2-8-11(9)18(6-10(19)21)12(22)17(8)4-5-20/h2,5H,4,6-7H2. The van der Waals surface area contributed by atoms with Gasteiger partial charge in [-0.3, -0.25) is 18.8 Å². The zero-order chi connectivity index (χ0) is 16.1. The van der Waals surface area contributed by atoms with E-state index >= 15 is 0 Å². The average Bonchev–Trinajstić information content (AvgIpc) is 2.69. The highest BCUT2D eigenvalue weighted by Crippen LogP contribution is 2.30. The number of alkyl halides is 3. The number of imidazole rings is 1. The molecular formula is C13H8F3N3O3. The third kappa shape index (κ3) is 2.04. The number of amides is 1. The van der Waals surface area contributed by atoms with Crippen molar-refractivity contribution in [3.8, 4) is 0 Å². The summed E-state index contributed by atoms with van der Waals surface area (Å²) in [6.07, 6.45) is -4.09. The molecule has 0 unspecified atom stereocenters. The van der Waals surface area contributed by atoms with Crippen LogP contribution in [0.5, 0.6) is 0 Å². The minimum Gasteiger partial charge on any atom is -0.301 e. The molecule has 1 amide bonds. The van der Waals surface area contributed by atoms with Crippen LogP contribution < -0.4 is 10.6 Å². The first kappa shape index (κ1) is 14.2. The van der Waals surface area contributed by atoms with Crippen molar-refractivity contribution in [3.05, 3.63) is 28.7 Å². The lowest BCUT2D eigenvalue weighted by atomic mass is 10.2. The number of aromatic nitrogens is 2. The number of carbonyl (C=O) groups is 2. The third-order valence-corrected chi connectivity index (χ3v) is 3.35. The minimum absolute atomic E-state index is 0.148. The van der Waals surface area contributed by atoms with Gasteiger partial charge in [0.15, 0.2) is 0 Å². The Hall–Kier alpha value is -2.76. The Morgan fingerprint density at radius 3 is 2.68 bits per heavy atom. The second-order valence-electron chi connectivity index (χ2n) is 4.74. The van der Waals surface area contributed by atoms with Gasteiger partial charge in [0, 0.05) is 6.07 Å². The van der Waals surface area contributed by atoms with Gasteiger partial charge >= 0.3 is 11.9 Å². The molecule has 1 aliphatic rings. The van der Waals surface area contributed by atoms with Crippen LogP contribution in [0, 0.1) is 12.1 Å². The van der Waals surface area contributed by atoms with Gasteiger partial charge in [-0.05, 0) is 6.07 Å². The maximum atomic E-state index is 12.6. The number of rotatable bonds is 3. The first-order valence-corrected chi connectivity index (χ1v) is 6.19. The minimum atomic E-state index is -4.58. The predicted octanol–water partition coefficient (Wildman–Crippen LogP) is 0.511. The molecule has 0 atom stereocenters. The number of hydrogen-bond acceptors (Lipinski definition) is 3. The number of halogens is 3. The van der Waals surface area contributed by atoms with E-state index in [1.54, 1.807) is 0 Å². The van der Waals surface area contributed by atoms with Gasteiger partial charge in [-0.15, -0.1) is 0 Å². The molecular weight excluding hydrogens is 303 g/mol. The van der Waals surface area contributed by atoms with Gasteiger partial charge in [0.1, 0.15) is 30.6 Å². The first-order chi connectivity index (χ1) is 10.3. The van der Waals surface area contributed by atoms with Crippen LogP contribution in [0.2, 0.25) is 0 Å². The summed E-state index contributed by atoms with van der Waals surface area (Å²) in [5.74, 6) is -0.868. The lowest BCUT2D eigenvalue weighted by Crippen LogP contribution is -2.44. The van der Waals surface area contributed by atoms with Gasteiger partial charge in [0.2, 0.25) is 5.91 Å². The number of hydrogen-bond donors (Lipinski definition) is 0. The molecule has 1 aliphatic heterocycles. The molecule has 0 bridgehead atoms. The molecule has 1 aromatic heterocycles. The number of nitrogens with zero attached hydrogens (tertiary/aromatic N) is 3. The Bertz CT molecular complexity index is 835. The molecule has 9 heteroatoms. The van der Waals surface area contributed by atoms with Gasteiger partial charge in [0.25, 0.3) is 0 Å². The lowest BCUT2D eigenvalue weighted by Gasteiger charge is -2.27. The quantitative estimate of drug-likeness (QED) is 0.776. The molecule has 6 nitrogen and oxygen atoms in total. The summed E-state index contributed by atoms with van der Waals surface area (Å²) < 4.78 is 40.1. The molecule has 0 spiro atoms. The summed E-state index contributed by atoms with van der Waals surface area (Å²) in [5.41, 5.74) is -0.399. The molecule has 0 aliphatic carbocycles. The highest BCUT2D eigenvalue weighted by molar-refractivity contribution is 6.04. The molecule has 0 saturated carbocycles. The summed E-state index contributed by atoms with van der Waals surface area (Å²) in [6, 6.07) is 6.30. The van der Waals surface area contributed by atoms with Crippen molar-refractivity contribution in [1.29, 1.82) is 0 Å². The third-order valence-electron chi connectivity index (χ3n) is 3.35. The second kappa shape index (κ2) is 4.62. The predicted molar refractivity (Wildman–Crippen MR) is 68.3 cm³/mol. The number of carbonyl (C=O) groups excluding carboxylic acids is 2. The Morgan fingerprint density at radius 1 is 1.32 bits per heavy atom. The number of anilines is 1. The molecule has 114 valence electrons. The Kier molecular flexibility index (Phi) is 2.98. The van der Waals surface area contributed by atoms with E-state index in [0.717, 1.165) is 9.13 Å². The monoisotopic (exact) mass is 311 g/mol. The Labute approximate surface area is 121 Å². The highest BCUT2D eigenvalue weighted by Gasteiger charge is 2.38. The van der Waals surface area contributed by atoms with E-state index in [0.29, 0.717) is 11.2 Å². The second-order valence-corrected chi connectivity index (χ2v) is 4.74. The van der Waals surface area contributed by atoms with E-state index in [-0.39, 0.29) is 23.3 Å². The van der Waals surface area contributed by atoms with E-state index in [4.69, 9.17) is 0 Å². The van der Waals surface area contributed by atoms with E-state index in [2.05, 4.69) is 12.1 Å². The summed E-state index contributed by atoms with van der Waals surface area (Å²) in [5, 5.41) is 0. The van der Waals surface area contributed by atoms with Crippen molar-refractivity contribution >= 4 is 28.9 Å². The van der Waals surface area contributed by atoms with E-state index in [9.17, 15) is 27.6 Å². The molecule has 0 N–H and O–H groups in total. The van der Waals surface area contributed by atoms with Gasteiger partial charge in [-0.1, -0.05) is 6.07 Å². The van der Waals surface area contributed by atoms with Crippen LogP contribution in [-0.4, -0.2) is 34.0 Å². The van der Waals surface area contributed by atoms with Gasteiger partial charge < -0.3 is 4.79 Å². The van der Waals surface area contributed by atoms with E-state index in [1.807, 2.05) is 0 Å². The summed E-state index contributed by atoms with van der Waals surface area (Å²) >= 11 is 0. The van der Waals surface area contributed by atoms with Crippen LogP contribution in [0.1, 0.15) is 0 Å². The zero-order valence-electron chi connectivity index (χ0n) is 11.0. The molecule has 2 heterocycles. The van der Waals surface area contributed by atoms with E-state index in [1.165, 1.54) is 6.07 Å². The zero-order valence-corrected chi connectivity index (χ0v) is 11.0. The normalized spacial score (nSPS) is 14.3. The Balaban J connectivity index is 2.26. The average molecular weight is 311 g/mol. The maximum Gasteiger partial charge on any atom is 0.406 e. The molecule has 0 fully saturated rings. The number of aldehydes is 1. The van der Waals surface area contributed by atoms with Gasteiger partial charge in [-0.2, -0.15) is 13.2 Å². The van der Waals surface area contributed by atoms with Crippen LogP contribution in [0.4, 0.5) is 18.9 Å². The summed E-state index contributed by atoms with van der Waals surface area (Å²) in [7, 11) is 0. The highest BCUT2D eigenvalue weighted by atomic mass is 19.4. The maximum absolute atomic E-state index is 12.6. The van der Waals surface area contributed by atoms with Crippen molar-refractivity contribution in [2.24, 2.45) is 0 Å². The lowest BCUT2D eigenvalue weighted by molar-refractivity contribution is -0.133. The van der Waals surface area contributed by atoms with Crippen LogP contribution >= 0.6 is 0 Å². The van der Waals surface area contributed by atoms with Crippen LogP contribution in [0.3, 0.4) is 0 Å². The van der Waals surface area contributed by atoms with Gasteiger partial charge in [0.05, 0.1) is 12.1 Å². The fourth-order valence-corrected chi connectivity index (χ4v) is 2.52. The molecule has 2 aromatic rings. The van der Waals surface area contributed by atoms with Crippen molar-refractivity contribution in [2.45, 2.75) is 19.3 Å². The van der Waals surface area contributed by atoms with Crippen LogP contribution in [0.25, 0.3) is 11.0 Å². The molecule has 22 heavy (non-hydrogen) atoms. The topological polar surface area (TPSA) is 64.3 Å². The smallest absolute Gasteiger partial charge is 0.301 e. The SMILES string of the molecule is O=CCn1c(=O)n2c3c(c#ccc31)N(CC(F)(F)F)C(=O)C2. The van der Waals surface area contributed by atoms with Crippen LogP contribution in [0.15, 0.2) is 10.9 Å². The molecule has 1 aromatic carbocycles. The van der Waals surface area contributed by atoms with Gasteiger partial charge in [-0.25, -0.2) is 4.79 Å². The molecule has 3 rings (SSSR count). The summed E-state index contributed by atoms with van der Waals surface area (Å²) in [4.78, 5) is 35.3. The Morgan fingerprint density at radius 2 is 2.05 bits per heavy atom. The van der Waals surface area contributed by atoms with Crippen molar-refractivity contribution in [1.82, 2.24) is 9.13 Å². The fourth-order valence-electron chi connectivity index (χ4n) is 2.52. The van der Waals surface area contributed by atoms with Crippen molar-refractivity contribution < 1.29 is 22.8 Å². The van der Waals surface area contributed by atoms with Crippen molar-refractivity contribution in [3.63, 3.8) is 0 Å². The largest absolute Gasteiger partial charge is 0.406 e. The van der Waals surface area contributed by atoms with Crippen LogP contribution in [-0.2, 0) is 22.7 Å². The molecule has 0 saturated heterocycles. The van der Waals surface area contributed by atoms with Crippen molar-refractivity contribution in [2.75, 3.05) is 11.4 Å². The summed E-state index contributed by atoms with van der Waals surface area (Å²) in [6.45, 7) is -2.24.